The van der Waals surface area contributed by atoms with Crippen molar-refractivity contribution in [1.29, 1.82) is 0 Å². The Balaban J connectivity index is 4.62. The second-order valence-corrected chi connectivity index (χ2v) is 15.0. The summed E-state index contributed by atoms with van der Waals surface area (Å²) in [4.78, 5) is 25.1. The van der Waals surface area contributed by atoms with Gasteiger partial charge >= 0.3 is 0 Å². The molecule has 0 saturated carbocycles. The fourth-order valence-electron chi connectivity index (χ4n) is 4.77. The van der Waals surface area contributed by atoms with Crippen molar-refractivity contribution in [2.24, 2.45) is 0 Å². The average molecular weight is 683 g/mol. The Morgan fingerprint density at radius 3 is 1.91 bits per heavy atom. The highest BCUT2D eigenvalue weighted by atomic mass is 31.2. The predicted molar refractivity (Wildman–Crippen MR) is 196 cm³/mol. The number of quaternary nitrogens is 1. The minimum Gasteiger partial charge on any atom is -0.756 e. The van der Waals surface area contributed by atoms with Gasteiger partial charge < -0.3 is 28.8 Å². The Hall–Kier alpha value is -1.54. The van der Waals surface area contributed by atoms with E-state index < -0.39 is 26.6 Å². The minimum atomic E-state index is -4.59. The monoisotopic (exact) mass is 683 g/mol. The van der Waals surface area contributed by atoms with Crippen LogP contribution in [0.2, 0.25) is 0 Å². The highest BCUT2D eigenvalue weighted by Crippen LogP contribution is 2.38. The van der Waals surface area contributed by atoms with Crippen molar-refractivity contribution >= 4 is 13.7 Å². The molecule has 3 atom stereocenters. The first-order chi connectivity index (χ1) is 22.5. The van der Waals surface area contributed by atoms with E-state index in [1.54, 1.807) is 12.2 Å². The maximum Gasteiger partial charge on any atom is 0.268 e. The summed E-state index contributed by atoms with van der Waals surface area (Å²) in [6.45, 7) is 4.50. The summed E-state index contributed by atoms with van der Waals surface area (Å²) < 4.78 is 23.0. The van der Waals surface area contributed by atoms with Gasteiger partial charge in [-0.1, -0.05) is 127 Å². The fraction of sp³-hybridized carbons (Fsp3) is 0.763. The fourth-order valence-corrected chi connectivity index (χ4v) is 5.49. The largest absolute Gasteiger partial charge is 0.756 e. The van der Waals surface area contributed by atoms with E-state index in [0.717, 1.165) is 57.8 Å². The number of rotatable bonds is 32. The molecule has 47 heavy (non-hydrogen) atoms. The van der Waals surface area contributed by atoms with E-state index in [-0.39, 0.29) is 12.5 Å². The molecule has 2 N–H and O–H groups in total. The van der Waals surface area contributed by atoms with Crippen LogP contribution in [0.15, 0.2) is 48.6 Å². The normalized spacial score (nSPS) is 15.3. The van der Waals surface area contributed by atoms with E-state index >= 15 is 0 Å². The van der Waals surface area contributed by atoms with Crippen LogP contribution in [0.4, 0.5) is 0 Å². The number of amides is 1. The number of aliphatic hydroxyl groups is 1. The summed E-state index contributed by atoms with van der Waals surface area (Å²) >= 11 is 0. The van der Waals surface area contributed by atoms with E-state index in [1.165, 1.54) is 57.8 Å². The Bertz CT molecular complexity index is 912. The zero-order chi connectivity index (χ0) is 35.1. The van der Waals surface area contributed by atoms with E-state index in [1.807, 2.05) is 27.2 Å². The van der Waals surface area contributed by atoms with E-state index in [4.69, 9.17) is 9.05 Å². The van der Waals surface area contributed by atoms with Gasteiger partial charge in [0.05, 0.1) is 39.9 Å². The van der Waals surface area contributed by atoms with Gasteiger partial charge in [-0.15, -0.1) is 0 Å². The molecule has 0 heterocycles. The molecule has 0 bridgehead atoms. The van der Waals surface area contributed by atoms with Gasteiger partial charge in [0.25, 0.3) is 7.82 Å². The molecule has 0 fully saturated rings. The van der Waals surface area contributed by atoms with E-state index in [2.05, 4.69) is 49.5 Å². The highest BCUT2D eigenvalue weighted by Gasteiger charge is 2.23. The van der Waals surface area contributed by atoms with Crippen molar-refractivity contribution in [2.45, 2.75) is 148 Å². The van der Waals surface area contributed by atoms with Crippen LogP contribution >= 0.6 is 7.82 Å². The number of phosphoric acid groups is 1. The lowest BCUT2D eigenvalue weighted by atomic mass is 10.1. The summed E-state index contributed by atoms with van der Waals surface area (Å²) in [6, 6.07) is -0.923. The first-order valence-electron chi connectivity index (χ1n) is 18.5. The highest BCUT2D eigenvalue weighted by molar-refractivity contribution is 7.45. The zero-order valence-electron chi connectivity index (χ0n) is 30.7. The number of aliphatic hydroxyl groups excluding tert-OH is 1. The molecule has 0 aliphatic heterocycles. The number of nitrogens with zero attached hydrogens (tertiary/aromatic N) is 1. The summed E-state index contributed by atoms with van der Waals surface area (Å²) in [5.74, 6) is -0.234. The van der Waals surface area contributed by atoms with Crippen molar-refractivity contribution in [3.8, 4) is 0 Å². The van der Waals surface area contributed by atoms with Gasteiger partial charge in [0.15, 0.2) is 0 Å². The van der Waals surface area contributed by atoms with Crippen molar-refractivity contribution in [1.82, 2.24) is 5.32 Å². The Morgan fingerprint density at radius 2 is 1.30 bits per heavy atom. The maximum absolute atomic E-state index is 12.7. The molecule has 1 unspecified atom stereocenters. The number of nitrogens with one attached hydrogen (secondary N) is 1. The van der Waals surface area contributed by atoms with Crippen LogP contribution < -0.4 is 10.2 Å². The van der Waals surface area contributed by atoms with Gasteiger partial charge in [-0.25, -0.2) is 0 Å². The molecule has 9 heteroatoms. The molecule has 0 aromatic rings. The third-order valence-corrected chi connectivity index (χ3v) is 8.78. The minimum absolute atomic E-state index is 0.0139. The molecular formula is C38H71N2O6P. The molecular weight excluding hydrogens is 611 g/mol. The van der Waals surface area contributed by atoms with Crippen LogP contribution in [0.5, 0.6) is 0 Å². The van der Waals surface area contributed by atoms with Crippen LogP contribution in [0.1, 0.15) is 136 Å². The van der Waals surface area contributed by atoms with Gasteiger partial charge in [0.2, 0.25) is 5.91 Å². The number of phosphoric ester groups is 1. The van der Waals surface area contributed by atoms with Crippen LogP contribution in [0.3, 0.4) is 0 Å². The molecule has 0 rings (SSSR count). The smallest absolute Gasteiger partial charge is 0.268 e. The van der Waals surface area contributed by atoms with E-state index in [0.29, 0.717) is 17.4 Å². The van der Waals surface area contributed by atoms with Crippen LogP contribution in [0, 0.1) is 0 Å². The second kappa shape index (κ2) is 30.5. The Morgan fingerprint density at radius 1 is 0.766 bits per heavy atom. The molecule has 8 nitrogen and oxygen atoms in total. The lowest BCUT2D eigenvalue weighted by Crippen LogP contribution is -2.45. The Labute approximate surface area is 289 Å². The number of likely N-dealkylation sites (N-methyl/N-ethyl adjacent to an activating group) is 1. The molecule has 274 valence electrons. The van der Waals surface area contributed by atoms with Gasteiger partial charge in [-0.3, -0.25) is 9.36 Å². The summed E-state index contributed by atoms with van der Waals surface area (Å²) in [5.41, 5.74) is 0. The molecule has 0 spiro atoms. The zero-order valence-corrected chi connectivity index (χ0v) is 31.6. The van der Waals surface area contributed by atoms with Gasteiger partial charge in [-0.05, 0) is 51.4 Å². The molecule has 0 saturated heterocycles. The molecule has 1 amide bonds. The quantitative estimate of drug-likeness (QED) is 0.0242. The topological polar surface area (TPSA) is 108 Å². The van der Waals surface area contributed by atoms with Crippen LogP contribution in [-0.2, 0) is 18.4 Å². The van der Waals surface area contributed by atoms with Gasteiger partial charge in [-0.2, -0.15) is 0 Å². The van der Waals surface area contributed by atoms with Crippen LogP contribution in [0.25, 0.3) is 0 Å². The number of unbranched alkanes of at least 4 members (excludes halogenated alkanes) is 14. The molecule has 0 aliphatic rings. The molecule has 0 aromatic carbocycles. The molecule has 0 aliphatic carbocycles. The standard InChI is InChI=1S/C38H71N2O6P/c1-6-8-10-12-14-16-18-19-20-21-22-24-26-28-30-32-38(42)39-36(35-46-47(43,44)45-34-33-40(3,4)5)37(41)31-29-27-25-23-17-15-13-11-9-7-2/h14,16,19-20,25,27,29,31,36-37,41H,6-13,15,17-18,21-24,26,28,30,32-35H2,1-5H3,(H-,39,42,43,44)/b16-14+,20-19+,27-25+,31-29+/t36-,37+/m0/s1. The lowest BCUT2D eigenvalue weighted by Gasteiger charge is -2.29. The van der Waals surface area contributed by atoms with Crippen molar-refractivity contribution in [2.75, 3.05) is 40.9 Å². The number of carbonyl (C=O) groups excluding carboxylic acids is 1. The Kier molecular flexibility index (Phi) is 29.5. The number of hydrogen-bond donors (Lipinski definition) is 2. The summed E-state index contributed by atoms with van der Waals surface area (Å²) in [5, 5.41) is 13.6. The second-order valence-electron chi connectivity index (χ2n) is 13.6. The van der Waals surface area contributed by atoms with Gasteiger partial charge in [0, 0.05) is 6.42 Å². The first kappa shape index (κ1) is 45.5. The average Bonchev–Trinajstić information content (AvgIpc) is 3.01. The van der Waals surface area contributed by atoms with E-state index in [9.17, 15) is 19.4 Å². The van der Waals surface area contributed by atoms with Crippen molar-refractivity contribution < 1.29 is 32.9 Å². The van der Waals surface area contributed by atoms with Crippen molar-refractivity contribution in [3.05, 3.63) is 48.6 Å². The maximum atomic E-state index is 12.7. The van der Waals surface area contributed by atoms with Crippen LogP contribution in [-0.4, -0.2) is 68.5 Å². The molecule has 0 radical (unpaired) electrons. The number of hydrogen-bond acceptors (Lipinski definition) is 6. The third kappa shape index (κ3) is 32.8. The third-order valence-electron chi connectivity index (χ3n) is 7.82. The number of carbonyl (C=O) groups is 1. The predicted octanol–water partition coefficient (Wildman–Crippen LogP) is 8.72. The molecule has 0 aromatic heterocycles. The van der Waals surface area contributed by atoms with Gasteiger partial charge in [0.1, 0.15) is 13.2 Å². The lowest BCUT2D eigenvalue weighted by molar-refractivity contribution is -0.870. The summed E-state index contributed by atoms with van der Waals surface area (Å²) in [6.07, 6.45) is 35.9. The summed E-state index contributed by atoms with van der Waals surface area (Å²) in [7, 11) is 1.21. The van der Waals surface area contributed by atoms with Crippen molar-refractivity contribution in [3.63, 3.8) is 0 Å². The first-order valence-corrected chi connectivity index (χ1v) is 20.0. The number of allylic oxidation sites excluding steroid dienone is 7. The SMILES string of the molecule is CCCCC/C=C/C/C=C/CCCCCCCC(=O)N[C@@H](COP(=O)([O-])OCC[N+](C)(C)C)[C@H](O)/C=C/C=C/CCCCCCCC.